The first kappa shape index (κ1) is 7.57. The van der Waals surface area contributed by atoms with Gasteiger partial charge in [0.05, 0.1) is 25.5 Å². The molecule has 0 aromatic carbocycles. The van der Waals surface area contributed by atoms with Crippen molar-refractivity contribution in [2.24, 2.45) is 0 Å². The zero-order chi connectivity index (χ0) is 7.40. The summed E-state index contributed by atoms with van der Waals surface area (Å²) in [5, 5.41) is 8.83. The summed E-state index contributed by atoms with van der Waals surface area (Å²) < 4.78 is 5.13. The largest absolute Gasteiger partial charge is 0.512 e. The summed E-state index contributed by atoms with van der Waals surface area (Å²) in [5.41, 5.74) is 0. The van der Waals surface area contributed by atoms with Crippen LogP contribution >= 0.6 is 0 Å². The molecule has 0 unspecified atom stereocenters. The summed E-state index contributed by atoms with van der Waals surface area (Å²) in [5.74, 6) is 0.238. The highest BCUT2D eigenvalue weighted by Crippen LogP contribution is 1.98. The maximum Gasteiger partial charge on any atom is 0.0991 e. The third-order valence-electron chi connectivity index (χ3n) is 1.51. The molecule has 10 heavy (non-hydrogen) atoms. The molecule has 0 aromatic heterocycles. The van der Waals surface area contributed by atoms with Gasteiger partial charge in [0.2, 0.25) is 0 Å². The lowest BCUT2D eigenvalue weighted by atomic mass is 10.4. The number of nitrogens with zero attached hydrogens (tertiary/aromatic N) is 1. The zero-order valence-corrected chi connectivity index (χ0v) is 6.05. The Kier molecular flexibility index (Phi) is 2.71. The third kappa shape index (κ3) is 2.37. The van der Waals surface area contributed by atoms with Crippen molar-refractivity contribution in [2.75, 3.05) is 32.8 Å². The van der Waals surface area contributed by atoms with E-state index in [2.05, 4.69) is 11.5 Å². The van der Waals surface area contributed by atoms with E-state index in [4.69, 9.17) is 9.84 Å². The molecule has 1 saturated heterocycles. The number of hydrogen-bond acceptors (Lipinski definition) is 3. The molecular formula is C7H13NO2. The van der Waals surface area contributed by atoms with Crippen molar-refractivity contribution in [1.29, 1.82) is 0 Å². The van der Waals surface area contributed by atoms with Crippen LogP contribution in [0.2, 0.25) is 0 Å². The first-order chi connectivity index (χ1) is 4.79. The third-order valence-corrected chi connectivity index (χ3v) is 1.51. The monoisotopic (exact) mass is 143 g/mol. The van der Waals surface area contributed by atoms with Crippen LogP contribution < -0.4 is 0 Å². The molecule has 1 rings (SSSR count). The predicted molar refractivity (Wildman–Crippen MR) is 39.0 cm³/mol. The SMILES string of the molecule is C=C(O)CN1CCOCC1. The van der Waals surface area contributed by atoms with E-state index in [0.717, 1.165) is 26.3 Å². The normalized spacial score (nSPS) is 20.8. The minimum absolute atomic E-state index is 0.238. The average molecular weight is 143 g/mol. The fraction of sp³-hybridized carbons (Fsp3) is 0.714. The van der Waals surface area contributed by atoms with Gasteiger partial charge in [-0.2, -0.15) is 0 Å². The molecule has 0 amide bonds. The van der Waals surface area contributed by atoms with Crippen molar-refractivity contribution in [1.82, 2.24) is 4.90 Å². The van der Waals surface area contributed by atoms with Crippen LogP contribution in [0.3, 0.4) is 0 Å². The molecule has 0 bridgehead atoms. The zero-order valence-electron chi connectivity index (χ0n) is 6.05. The Hall–Kier alpha value is -0.540. The van der Waals surface area contributed by atoms with Crippen molar-refractivity contribution in [2.45, 2.75) is 0 Å². The van der Waals surface area contributed by atoms with E-state index >= 15 is 0 Å². The van der Waals surface area contributed by atoms with Crippen molar-refractivity contribution in [3.63, 3.8) is 0 Å². The second-order valence-electron chi connectivity index (χ2n) is 2.45. The Labute approximate surface area is 60.9 Å². The van der Waals surface area contributed by atoms with E-state index in [9.17, 15) is 0 Å². The van der Waals surface area contributed by atoms with Gasteiger partial charge in [0, 0.05) is 13.1 Å². The number of aliphatic hydroxyl groups excluding tert-OH is 1. The summed E-state index contributed by atoms with van der Waals surface area (Å²) in [7, 11) is 0. The van der Waals surface area contributed by atoms with Crippen molar-refractivity contribution in [3.05, 3.63) is 12.3 Å². The lowest BCUT2D eigenvalue weighted by Crippen LogP contribution is -2.37. The molecule has 3 nitrogen and oxygen atoms in total. The Morgan fingerprint density at radius 1 is 1.50 bits per heavy atom. The van der Waals surface area contributed by atoms with Gasteiger partial charge in [-0.15, -0.1) is 0 Å². The first-order valence-electron chi connectivity index (χ1n) is 3.46. The molecule has 1 N–H and O–H groups in total. The fourth-order valence-electron chi connectivity index (χ4n) is 1.02. The number of ether oxygens (including phenoxy) is 1. The summed E-state index contributed by atoms with van der Waals surface area (Å²) >= 11 is 0. The molecule has 0 spiro atoms. The van der Waals surface area contributed by atoms with Crippen LogP contribution in [0.1, 0.15) is 0 Å². The molecular weight excluding hydrogens is 130 g/mol. The lowest BCUT2D eigenvalue weighted by Gasteiger charge is -2.25. The van der Waals surface area contributed by atoms with Gasteiger partial charge < -0.3 is 9.84 Å². The highest BCUT2D eigenvalue weighted by molar-refractivity contribution is 4.84. The fourth-order valence-corrected chi connectivity index (χ4v) is 1.02. The summed E-state index contributed by atoms with van der Waals surface area (Å²) in [6.45, 7) is 7.36. The van der Waals surface area contributed by atoms with Gasteiger partial charge >= 0.3 is 0 Å². The smallest absolute Gasteiger partial charge is 0.0991 e. The van der Waals surface area contributed by atoms with E-state index in [1.807, 2.05) is 0 Å². The average Bonchev–Trinajstić information content (AvgIpc) is 1.88. The number of aliphatic hydroxyl groups is 1. The van der Waals surface area contributed by atoms with Crippen LogP contribution in [0.25, 0.3) is 0 Å². The summed E-state index contributed by atoms with van der Waals surface area (Å²) in [6, 6.07) is 0. The first-order valence-corrected chi connectivity index (χ1v) is 3.46. The van der Waals surface area contributed by atoms with E-state index in [0.29, 0.717) is 6.54 Å². The second-order valence-corrected chi connectivity index (χ2v) is 2.45. The van der Waals surface area contributed by atoms with E-state index in [1.54, 1.807) is 0 Å². The maximum atomic E-state index is 8.83. The maximum absolute atomic E-state index is 8.83. The van der Waals surface area contributed by atoms with E-state index in [-0.39, 0.29) is 5.76 Å². The molecule has 0 atom stereocenters. The van der Waals surface area contributed by atoms with Crippen molar-refractivity contribution < 1.29 is 9.84 Å². The van der Waals surface area contributed by atoms with Gasteiger partial charge in [-0.05, 0) is 0 Å². The number of rotatable bonds is 2. The molecule has 1 fully saturated rings. The van der Waals surface area contributed by atoms with Gasteiger partial charge in [-0.3, -0.25) is 4.90 Å². The number of morpholine rings is 1. The van der Waals surface area contributed by atoms with Crippen LogP contribution in [0.5, 0.6) is 0 Å². The molecule has 1 aliphatic heterocycles. The Morgan fingerprint density at radius 3 is 2.60 bits per heavy atom. The van der Waals surface area contributed by atoms with Gasteiger partial charge in [0.25, 0.3) is 0 Å². The molecule has 0 aliphatic carbocycles. The van der Waals surface area contributed by atoms with Crippen LogP contribution in [0, 0.1) is 0 Å². The minimum atomic E-state index is 0.238. The lowest BCUT2D eigenvalue weighted by molar-refractivity contribution is 0.0380. The quantitative estimate of drug-likeness (QED) is 0.567. The molecule has 0 aromatic rings. The molecule has 1 aliphatic rings. The van der Waals surface area contributed by atoms with Crippen molar-refractivity contribution >= 4 is 0 Å². The van der Waals surface area contributed by atoms with Gasteiger partial charge in [-0.1, -0.05) is 6.58 Å². The van der Waals surface area contributed by atoms with Gasteiger partial charge in [-0.25, -0.2) is 0 Å². The van der Waals surface area contributed by atoms with Crippen LogP contribution in [-0.2, 0) is 4.74 Å². The molecule has 1 heterocycles. The predicted octanol–water partition coefficient (Wildman–Crippen LogP) is 0.390. The number of hydrogen-bond donors (Lipinski definition) is 1. The van der Waals surface area contributed by atoms with E-state index < -0.39 is 0 Å². The van der Waals surface area contributed by atoms with Crippen LogP contribution in [-0.4, -0.2) is 42.9 Å². The van der Waals surface area contributed by atoms with Gasteiger partial charge in [0.15, 0.2) is 0 Å². The molecule has 58 valence electrons. The minimum Gasteiger partial charge on any atom is -0.512 e. The Balaban J connectivity index is 2.19. The van der Waals surface area contributed by atoms with Crippen LogP contribution in [0.4, 0.5) is 0 Å². The van der Waals surface area contributed by atoms with Crippen LogP contribution in [0.15, 0.2) is 12.3 Å². The standard InChI is InChI=1S/C7H13NO2/c1-7(9)6-8-2-4-10-5-3-8/h9H,1-6H2. The second kappa shape index (κ2) is 3.58. The molecule has 3 heteroatoms. The Morgan fingerprint density at radius 2 is 2.10 bits per heavy atom. The highest BCUT2D eigenvalue weighted by atomic mass is 16.5. The molecule has 0 saturated carbocycles. The topological polar surface area (TPSA) is 32.7 Å². The summed E-state index contributed by atoms with van der Waals surface area (Å²) in [6.07, 6.45) is 0. The Bertz CT molecular complexity index is 119. The summed E-state index contributed by atoms with van der Waals surface area (Å²) in [4.78, 5) is 2.12. The van der Waals surface area contributed by atoms with E-state index in [1.165, 1.54) is 0 Å². The van der Waals surface area contributed by atoms with Gasteiger partial charge in [0.1, 0.15) is 0 Å². The highest BCUT2D eigenvalue weighted by Gasteiger charge is 2.09. The molecule has 0 radical (unpaired) electrons. The van der Waals surface area contributed by atoms with Crippen molar-refractivity contribution in [3.8, 4) is 0 Å².